The summed E-state index contributed by atoms with van der Waals surface area (Å²) in [5.41, 5.74) is 5.56. The first-order valence-corrected chi connectivity index (χ1v) is 13.8. The Kier molecular flexibility index (Phi) is 5.21. The van der Waals surface area contributed by atoms with Crippen LogP contribution in [0.25, 0.3) is 60.8 Å². The number of furan rings is 1. The Balaban J connectivity index is 1.63. The van der Waals surface area contributed by atoms with Crippen LogP contribution in [0, 0.1) is 0 Å². The fourth-order valence-electron chi connectivity index (χ4n) is 5.54. The molecule has 40 heavy (non-hydrogen) atoms. The molecule has 0 saturated carbocycles. The molecule has 0 amide bonds. The lowest BCUT2D eigenvalue weighted by Crippen LogP contribution is -2.24. The van der Waals surface area contributed by atoms with Crippen molar-refractivity contribution in [3.8, 4) is 17.1 Å². The highest BCUT2D eigenvalue weighted by Gasteiger charge is 2.27. The highest BCUT2D eigenvalue weighted by molar-refractivity contribution is 6.24. The van der Waals surface area contributed by atoms with Crippen LogP contribution in [-0.2, 0) is 10.8 Å². The molecule has 7 rings (SSSR count). The number of fused-ring (bicyclic) bond motifs is 7. The second-order valence-corrected chi connectivity index (χ2v) is 12.6. The van der Waals surface area contributed by atoms with E-state index in [2.05, 4.69) is 119 Å². The summed E-state index contributed by atoms with van der Waals surface area (Å²) >= 11 is 0. The van der Waals surface area contributed by atoms with Crippen LogP contribution in [-0.4, -0.2) is 19.5 Å². The third-order valence-corrected chi connectivity index (χ3v) is 7.54. The lowest BCUT2D eigenvalue weighted by Gasteiger charge is -2.23. The standard InChI is InChI=1S/C35H32N4O/c1-34(2,3)32-36-31(37-33(38-32)35(4,5)6)23-14-8-11-17-26(23)39-25-16-10-7-13-21(25)22-19-20-28-29(30(22)39)24-15-9-12-18-27(24)40-28/h7-20H,1-6H3. The van der Waals surface area contributed by atoms with Gasteiger partial charge in [0.25, 0.3) is 0 Å². The van der Waals surface area contributed by atoms with Crippen LogP contribution >= 0.6 is 0 Å². The number of hydrogen-bond donors (Lipinski definition) is 0. The van der Waals surface area contributed by atoms with E-state index in [0.717, 1.165) is 55.9 Å². The predicted octanol–water partition coefficient (Wildman–Crippen LogP) is 9.13. The van der Waals surface area contributed by atoms with Crippen molar-refractivity contribution in [1.82, 2.24) is 19.5 Å². The predicted molar refractivity (Wildman–Crippen MR) is 164 cm³/mol. The number of para-hydroxylation sites is 3. The van der Waals surface area contributed by atoms with Crippen LogP contribution in [0.1, 0.15) is 53.2 Å². The zero-order valence-corrected chi connectivity index (χ0v) is 23.8. The summed E-state index contributed by atoms with van der Waals surface area (Å²) in [7, 11) is 0. The number of aromatic nitrogens is 4. The molecule has 0 aliphatic carbocycles. The maximum atomic E-state index is 6.32. The fourth-order valence-corrected chi connectivity index (χ4v) is 5.54. The summed E-state index contributed by atoms with van der Waals surface area (Å²) in [5.74, 6) is 2.28. The van der Waals surface area contributed by atoms with E-state index < -0.39 is 0 Å². The molecule has 0 bridgehead atoms. The second-order valence-electron chi connectivity index (χ2n) is 12.6. The summed E-state index contributed by atoms with van der Waals surface area (Å²) in [5, 5.41) is 4.60. The van der Waals surface area contributed by atoms with Gasteiger partial charge < -0.3 is 8.98 Å². The van der Waals surface area contributed by atoms with Gasteiger partial charge in [0.1, 0.15) is 22.8 Å². The van der Waals surface area contributed by atoms with Crippen molar-refractivity contribution in [1.29, 1.82) is 0 Å². The first-order valence-electron chi connectivity index (χ1n) is 13.8. The van der Waals surface area contributed by atoms with Crippen molar-refractivity contribution in [2.24, 2.45) is 0 Å². The molecule has 0 N–H and O–H groups in total. The van der Waals surface area contributed by atoms with Crippen molar-refractivity contribution in [3.63, 3.8) is 0 Å². The normalized spacial score (nSPS) is 12.8. The van der Waals surface area contributed by atoms with Crippen molar-refractivity contribution in [3.05, 3.63) is 96.6 Å². The van der Waals surface area contributed by atoms with Gasteiger partial charge in [-0.1, -0.05) is 90.1 Å². The fraction of sp³-hybridized carbons (Fsp3) is 0.229. The van der Waals surface area contributed by atoms with Gasteiger partial charge in [-0.25, -0.2) is 15.0 Å². The van der Waals surface area contributed by atoms with Crippen molar-refractivity contribution in [2.75, 3.05) is 0 Å². The molecule has 0 spiro atoms. The Labute approximate surface area is 233 Å². The Morgan fingerprint density at radius 1 is 0.575 bits per heavy atom. The molecule has 0 aliphatic heterocycles. The molecule has 198 valence electrons. The van der Waals surface area contributed by atoms with Gasteiger partial charge in [-0.15, -0.1) is 0 Å². The van der Waals surface area contributed by atoms with Gasteiger partial charge in [-0.3, -0.25) is 0 Å². The molecule has 0 fully saturated rings. The molecular weight excluding hydrogens is 492 g/mol. The van der Waals surface area contributed by atoms with E-state index in [-0.39, 0.29) is 10.8 Å². The van der Waals surface area contributed by atoms with Crippen LogP contribution < -0.4 is 0 Å². The van der Waals surface area contributed by atoms with E-state index in [1.54, 1.807) is 0 Å². The monoisotopic (exact) mass is 524 g/mol. The van der Waals surface area contributed by atoms with E-state index in [4.69, 9.17) is 19.4 Å². The summed E-state index contributed by atoms with van der Waals surface area (Å²) in [4.78, 5) is 15.1. The Morgan fingerprint density at radius 3 is 1.93 bits per heavy atom. The third kappa shape index (κ3) is 3.72. The molecule has 3 heterocycles. The quantitative estimate of drug-likeness (QED) is 0.226. The van der Waals surface area contributed by atoms with Crippen LogP contribution in [0.4, 0.5) is 0 Å². The molecular formula is C35H32N4O. The third-order valence-electron chi connectivity index (χ3n) is 7.54. The minimum atomic E-state index is -0.221. The van der Waals surface area contributed by atoms with E-state index in [1.165, 1.54) is 10.8 Å². The first-order chi connectivity index (χ1) is 19.1. The van der Waals surface area contributed by atoms with E-state index in [9.17, 15) is 0 Å². The molecule has 0 saturated heterocycles. The van der Waals surface area contributed by atoms with Crippen LogP contribution in [0.15, 0.2) is 89.3 Å². The Bertz CT molecular complexity index is 2050. The van der Waals surface area contributed by atoms with E-state index >= 15 is 0 Å². The van der Waals surface area contributed by atoms with Gasteiger partial charge in [0, 0.05) is 32.6 Å². The maximum absolute atomic E-state index is 6.32. The lowest BCUT2D eigenvalue weighted by atomic mass is 9.93. The summed E-state index contributed by atoms with van der Waals surface area (Å²) in [6.07, 6.45) is 0. The Hall–Kier alpha value is -4.51. The van der Waals surface area contributed by atoms with Crippen molar-refractivity contribution >= 4 is 43.7 Å². The van der Waals surface area contributed by atoms with Crippen molar-refractivity contribution < 1.29 is 4.42 Å². The van der Waals surface area contributed by atoms with Gasteiger partial charge >= 0.3 is 0 Å². The first kappa shape index (κ1) is 24.5. The number of nitrogens with zero attached hydrogens (tertiary/aromatic N) is 4. The molecule has 4 aromatic carbocycles. The molecule has 5 nitrogen and oxygen atoms in total. The van der Waals surface area contributed by atoms with Gasteiger partial charge in [0.2, 0.25) is 0 Å². The smallest absolute Gasteiger partial charge is 0.165 e. The molecule has 0 unspecified atom stereocenters. The number of hydrogen-bond acceptors (Lipinski definition) is 4. The maximum Gasteiger partial charge on any atom is 0.165 e. The minimum absolute atomic E-state index is 0.221. The highest BCUT2D eigenvalue weighted by Crippen LogP contribution is 2.42. The highest BCUT2D eigenvalue weighted by atomic mass is 16.3. The zero-order valence-electron chi connectivity index (χ0n) is 23.8. The molecule has 7 aromatic rings. The van der Waals surface area contributed by atoms with Gasteiger partial charge in [-0.05, 0) is 36.4 Å². The molecule has 5 heteroatoms. The molecule has 3 aromatic heterocycles. The molecule has 0 atom stereocenters. The van der Waals surface area contributed by atoms with Crippen LogP contribution in [0.2, 0.25) is 0 Å². The van der Waals surface area contributed by atoms with Crippen LogP contribution in [0.5, 0.6) is 0 Å². The SMILES string of the molecule is CC(C)(C)c1nc(-c2ccccc2-n2c3ccccc3c3ccc4oc5ccccc5c4c32)nc(C(C)(C)C)n1. The Morgan fingerprint density at radius 2 is 1.20 bits per heavy atom. The summed E-state index contributed by atoms with van der Waals surface area (Å²) < 4.78 is 8.69. The minimum Gasteiger partial charge on any atom is -0.456 e. The largest absolute Gasteiger partial charge is 0.456 e. The zero-order chi connectivity index (χ0) is 27.8. The van der Waals surface area contributed by atoms with Gasteiger partial charge in [0.15, 0.2) is 5.82 Å². The lowest BCUT2D eigenvalue weighted by molar-refractivity contribution is 0.497. The average molecular weight is 525 g/mol. The topological polar surface area (TPSA) is 56.7 Å². The van der Waals surface area contributed by atoms with Gasteiger partial charge in [-0.2, -0.15) is 0 Å². The van der Waals surface area contributed by atoms with E-state index in [0.29, 0.717) is 5.82 Å². The van der Waals surface area contributed by atoms with Crippen molar-refractivity contribution in [2.45, 2.75) is 52.4 Å². The summed E-state index contributed by atoms with van der Waals surface area (Å²) in [6.45, 7) is 12.9. The summed E-state index contributed by atoms with van der Waals surface area (Å²) in [6, 6.07) is 29.6. The second kappa shape index (κ2) is 8.49. The molecule has 0 radical (unpaired) electrons. The number of rotatable bonds is 2. The van der Waals surface area contributed by atoms with Crippen LogP contribution in [0.3, 0.4) is 0 Å². The van der Waals surface area contributed by atoms with Gasteiger partial charge in [0.05, 0.1) is 22.1 Å². The van der Waals surface area contributed by atoms with E-state index in [1.807, 2.05) is 12.1 Å². The average Bonchev–Trinajstić information content (AvgIpc) is 3.47. The molecule has 0 aliphatic rings. The number of benzene rings is 4.